The van der Waals surface area contributed by atoms with Crippen LogP contribution in [0.15, 0.2) is 6.07 Å². The van der Waals surface area contributed by atoms with E-state index in [1.54, 1.807) is 16.5 Å². The number of carbonyl (C=O) groups excluding carboxylic acids is 2. The summed E-state index contributed by atoms with van der Waals surface area (Å²) in [4.78, 5) is 27.1. The molecule has 0 radical (unpaired) electrons. The smallest absolute Gasteiger partial charge is 0.309 e. The van der Waals surface area contributed by atoms with Crippen molar-refractivity contribution in [2.45, 2.75) is 59.5 Å². The van der Waals surface area contributed by atoms with Crippen LogP contribution in [-0.4, -0.2) is 64.8 Å². The SMILES string of the molecule is CCOC(=O)[C@H]1C[C@@H]1CN(C[C@@H]1COC(C)(C)O1)C(=O)c1cc(C)nn1CC. The van der Waals surface area contributed by atoms with E-state index in [2.05, 4.69) is 5.10 Å². The zero-order valence-electron chi connectivity index (χ0n) is 17.4. The molecule has 8 heteroatoms. The third kappa shape index (κ3) is 4.72. The summed E-state index contributed by atoms with van der Waals surface area (Å²) in [5, 5.41) is 4.39. The molecule has 28 heavy (non-hydrogen) atoms. The highest BCUT2D eigenvalue weighted by molar-refractivity contribution is 5.93. The summed E-state index contributed by atoms with van der Waals surface area (Å²) in [6.07, 6.45) is 0.556. The Hall–Kier alpha value is -1.93. The molecule has 0 spiro atoms. The molecule has 1 aromatic heterocycles. The third-order valence-corrected chi connectivity index (χ3v) is 5.17. The fourth-order valence-corrected chi connectivity index (χ4v) is 3.73. The van der Waals surface area contributed by atoms with E-state index >= 15 is 0 Å². The van der Waals surface area contributed by atoms with E-state index in [4.69, 9.17) is 14.2 Å². The zero-order valence-corrected chi connectivity index (χ0v) is 17.4. The first kappa shape index (κ1) is 20.8. The van der Waals surface area contributed by atoms with Gasteiger partial charge in [-0.25, -0.2) is 0 Å². The maximum atomic E-state index is 13.3. The maximum Gasteiger partial charge on any atom is 0.309 e. The van der Waals surface area contributed by atoms with Crippen molar-refractivity contribution in [2.75, 3.05) is 26.3 Å². The molecule has 156 valence electrons. The van der Waals surface area contributed by atoms with Crippen LogP contribution in [-0.2, 0) is 25.5 Å². The Morgan fingerprint density at radius 1 is 1.36 bits per heavy atom. The quantitative estimate of drug-likeness (QED) is 0.628. The zero-order chi connectivity index (χ0) is 20.5. The van der Waals surface area contributed by atoms with Crippen LogP contribution in [0.1, 0.15) is 50.3 Å². The number of esters is 1. The van der Waals surface area contributed by atoms with Gasteiger partial charge in [0.1, 0.15) is 11.8 Å². The Morgan fingerprint density at radius 3 is 2.71 bits per heavy atom. The van der Waals surface area contributed by atoms with Crippen molar-refractivity contribution < 1.29 is 23.8 Å². The minimum absolute atomic E-state index is 0.0923. The lowest BCUT2D eigenvalue weighted by Crippen LogP contribution is -2.41. The van der Waals surface area contributed by atoms with Crippen molar-refractivity contribution in [3.8, 4) is 0 Å². The van der Waals surface area contributed by atoms with Gasteiger partial charge in [-0.1, -0.05) is 0 Å². The van der Waals surface area contributed by atoms with Crippen LogP contribution in [0, 0.1) is 18.8 Å². The van der Waals surface area contributed by atoms with E-state index in [0.717, 1.165) is 12.1 Å². The van der Waals surface area contributed by atoms with Gasteiger partial charge < -0.3 is 19.1 Å². The topological polar surface area (TPSA) is 82.9 Å². The number of hydrogen-bond donors (Lipinski definition) is 0. The predicted octanol–water partition coefficient (Wildman–Crippen LogP) is 2.00. The van der Waals surface area contributed by atoms with E-state index in [1.165, 1.54) is 0 Å². The Morgan fingerprint density at radius 2 is 2.11 bits per heavy atom. The molecule has 2 aliphatic rings. The first-order valence-corrected chi connectivity index (χ1v) is 10.1. The monoisotopic (exact) mass is 393 g/mol. The maximum absolute atomic E-state index is 13.3. The molecule has 0 aromatic carbocycles. The van der Waals surface area contributed by atoms with Gasteiger partial charge in [-0.3, -0.25) is 14.3 Å². The third-order valence-electron chi connectivity index (χ3n) is 5.17. The molecular formula is C20H31N3O5. The first-order valence-electron chi connectivity index (χ1n) is 10.1. The average Bonchev–Trinajstić information content (AvgIpc) is 3.17. The lowest BCUT2D eigenvalue weighted by Gasteiger charge is -2.26. The molecule has 2 heterocycles. The van der Waals surface area contributed by atoms with E-state index in [9.17, 15) is 9.59 Å². The van der Waals surface area contributed by atoms with Crippen molar-refractivity contribution in [3.05, 3.63) is 17.5 Å². The van der Waals surface area contributed by atoms with E-state index in [1.807, 2.05) is 33.8 Å². The van der Waals surface area contributed by atoms with Crippen molar-refractivity contribution in [1.82, 2.24) is 14.7 Å². The van der Waals surface area contributed by atoms with Crippen LogP contribution >= 0.6 is 0 Å². The first-order chi connectivity index (χ1) is 13.2. The Kier molecular flexibility index (Phi) is 6.09. The molecule has 0 unspecified atom stereocenters. The minimum atomic E-state index is -0.645. The number of ether oxygens (including phenoxy) is 3. The van der Waals surface area contributed by atoms with Crippen LogP contribution in [0.5, 0.6) is 0 Å². The molecule has 0 bridgehead atoms. The largest absolute Gasteiger partial charge is 0.466 e. The molecular weight excluding hydrogens is 362 g/mol. The van der Waals surface area contributed by atoms with Gasteiger partial charge in [0.2, 0.25) is 0 Å². The summed E-state index contributed by atoms with van der Waals surface area (Å²) < 4.78 is 18.4. The average molecular weight is 393 g/mol. The lowest BCUT2D eigenvalue weighted by molar-refractivity contribution is -0.145. The molecule has 8 nitrogen and oxygen atoms in total. The van der Waals surface area contributed by atoms with Gasteiger partial charge in [-0.15, -0.1) is 0 Å². The molecule has 3 atom stereocenters. The van der Waals surface area contributed by atoms with E-state index in [-0.39, 0.29) is 29.8 Å². The van der Waals surface area contributed by atoms with E-state index < -0.39 is 5.79 Å². The Balaban J connectivity index is 1.73. The summed E-state index contributed by atoms with van der Waals surface area (Å²) in [5.74, 6) is -0.905. The van der Waals surface area contributed by atoms with Crippen LogP contribution in [0.3, 0.4) is 0 Å². The number of aromatic nitrogens is 2. The van der Waals surface area contributed by atoms with Gasteiger partial charge in [0.25, 0.3) is 5.91 Å². The summed E-state index contributed by atoms with van der Waals surface area (Å²) >= 11 is 0. The van der Waals surface area contributed by atoms with Crippen LogP contribution < -0.4 is 0 Å². The molecule has 1 aliphatic carbocycles. The van der Waals surface area contributed by atoms with Crippen molar-refractivity contribution in [2.24, 2.45) is 11.8 Å². The van der Waals surface area contributed by atoms with Gasteiger partial charge in [0.15, 0.2) is 5.79 Å². The van der Waals surface area contributed by atoms with Crippen molar-refractivity contribution in [3.63, 3.8) is 0 Å². The predicted molar refractivity (Wildman–Crippen MR) is 102 cm³/mol. The highest BCUT2D eigenvalue weighted by atomic mass is 16.7. The Bertz CT molecular complexity index is 729. The summed E-state index contributed by atoms with van der Waals surface area (Å²) in [6.45, 7) is 11.7. The fourth-order valence-electron chi connectivity index (χ4n) is 3.73. The molecule has 3 rings (SSSR count). The lowest BCUT2D eigenvalue weighted by atomic mass is 10.2. The summed E-state index contributed by atoms with van der Waals surface area (Å²) in [5.41, 5.74) is 1.37. The highest BCUT2D eigenvalue weighted by Gasteiger charge is 2.46. The number of aryl methyl sites for hydroxylation is 2. The van der Waals surface area contributed by atoms with Gasteiger partial charge >= 0.3 is 5.97 Å². The molecule has 1 saturated carbocycles. The van der Waals surface area contributed by atoms with Crippen molar-refractivity contribution in [1.29, 1.82) is 0 Å². The molecule has 1 saturated heterocycles. The molecule has 1 aromatic rings. The number of amides is 1. The summed E-state index contributed by atoms with van der Waals surface area (Å²) in [7, 11) is 0. The Labute approximate surface area is 166 Å². The van der Waals surface area contributed by atoms with Gasteiger partial charge in [0, 0.05) is 19.6 Å². The fraction of sp³-hybridized carbons (Fsp3) is 0.750. The van der Waals surface area contributed by atoms with Crippen molar-refractivity contribution >= 4 is 11.9 Å². The van der Waals surface area contributed by atoms with Crippen LogP contribution in [0.25, 0.3) is 0 Å². The van der Waals surface area contributed by atoms with Gasteiger partial charge in [-0.2, -0.15) is 5.10 Å². The molecule has 1 amide bonds. The van der Waals surface area contributed by atoms with E-state index in [0.29, 0.717) is 38.5 Å². The normalized spacial score (nSPS) is 25.5. The molecule has 2 fully saturated rings. The van der Waals surface area contributed by atoms with Crippen LogP contribution in [0.4, 0.5) is 0 Å². The molecule has 0 N–H and O–H groups in total. The standard InChI is InChI=1S/C20H31N3O5/c1-6-23-17(8-13(3)21-23)18(24)22(11-15-12-27-20(4,5)28-15)10-14-9-16(14)19(25)26-7-2/h8,14-16H,6-7,9-12H2,1-5H3/t14-,15-,16+/m1/s1. The van der Waals surface area contributed by atoms with Crippen LogP contribution in [0.2, 0.25) is 0 Å². The number of nitrogens with zero attached hydrogens (tertiary/aromatic N) is 3. The second-order valence-electron chi connectivity index (χ2n) is 8.00. The second kappa shape index (κ2) is 8.21. The van der Waals surface area contributed by atoms with Gasteiger partial charge in [0.05, 0.1) is 24.8 Å². The van der Waals surface area contributed by atoms with Gasteiger partial charge in [-0.05, 0) is 53.0 Å². The number of carbonyl (C=O) groups is 2. The highest BCUT2D eigenvalue weighted by Crippen LogP contribution is 2.40. The number of rotatable bonds is 8. The summed E-state index contributed by atoms with van der Waals surface area (Å²) in [6, 6.07) is 1.81. The second-order valence-corrected chi connectivity index (χ2v) is 8.00. The number of hydrogen-bond acceptors (Lipinski definition) is 6. The minimum Gasteiger partial charge on any atom is -0.466 e. The molecule has 1 aliphatic heterocycles.